The van der Waals surface area contributed by atoms with Crippen molar-refractivity contribution in [2.75, 3.05) is 0 Å². The van der Waals surface area contributed by atoms with E-state index in [-0.39, 0.29) is 16.3 Å². The number of fused-ring (bicyclic) bond motifs is 1. The molecule has 0 fully saturated rings. The Balaban J connectivity index is 2.24. The van der Waals surface area contributed by atoms with Crippen LogP contribution in [0.4, 0.5) is 4.39 Å². The zero-order chi connectivity index (χ0) is 13.6. The lowest BCUT2D eigenvalue weighted by atomic mass is 10.1. The molecule has 0 radical (unpaired) electrons. The van der Waals surface area contributed by atoms with Gasteiger partial charge in [-0.05, 0) is 59.0 Å². The molecule has 0 unspecified atom stereocenters. The Bertz CT molecular complexity index is 761. The molecule has 0 aliphatic heterocycles. The molecule has 0 saturated heterocycles. The van der Waals surface area contributed by atoms with E-state index in [0.717, 1.165) is 14.5 Å². The smallest absolute Gasteiger partial charge is 0.137 e. The molecule has 3 rings (SSSR count). The van der Waals surface area contributed by atoms with Gasteiger partial charge in [-0.2, -0.15) is 0 Å². The molecule has 19 heavy (non-hydrogen) atoms. The highest BCUT2D eigenvalue weighted by atomic mass is 127. The van der Waals surface area contributed by atoms with E-state index in [2.05, 4.69) is 27.6 Å². The second kappa shape index (κ2) is 4.68. The van der Waals surface area contributed by atoms with E-state index in [1.54, 1.807) is 0 Å². The first kappa shape index (κ1) is 12.7. The van der Waals surface area contributed by atoms with Crippen LogP contribution in [0.25, 0.3) is 22.2 Å². The third kappa shape index (κ3) is 2.30. The predicted octanol–water partition coefficient (Wildman–Crippen LogP) is 4.94. The lowest BCUT2D eigenvalue weighted by Crippen LogP contribution is -1.85. The summed E-state index contributed by atoms with van der Waals surface area (Å²) in [6, 6.07) is 10.2. The van der Waals surface area contributed by atoms with E-state index in [9.17, 15) is 9.50 Å². The van der Waals surface area contributed by atoms with Crippen LogP contribution in [0.15, 0.2) is 36.4 Å². The van der Waals surface area contributed by atoms with Crippen LogP contribution in [0.2, 0.25) is 5.02 Å². The van der Waals surface area contributed by atoms with Gasteiger partial charge in [-0.25, -0.2) is 4.39 Å². The van der Waals surface area contributed by atoms with Gasteiger partial charge in [0.05, 0.1) is 11.3 Å². The molecule has 0 atom stereocenters. The third-order valence-electron chi connectivity index (χ3n) is 2.89. The molecule has 0 saturated carbocycles. The first-order valence-electron chi connectivity index (χ1n) is 5.51. The highest BCUT2D eigenvalue weighted by Gasteiger charge is 2.14. The Morgan fingerprint density at radius 2 is 1.95 bits per heavy atom. The average molecular weight is 388 g/mol. The molecule has 5 heteroatoms. The zero-order valence-electron chi connectivity index (χ0n) is 9.55. The topological polar surface area (TPSA) is 36.0 Å². The number of nitrogens with one attached hydrogen (secondary N) is 1. The van der Waals surface area contributed by atoms with Gasteiger partial charge in [-0.3, -0.25) is 0 Å². The fourth-order valence-electron chi connectivity index (χ4n) is 2.06. The van der Waals surface area contributed by atoms with Crippen LogP contribution < -0.4 is 0 Å². The Morgan fingerprint density at radius 3 is 2.68 bits per heavy atom. The summed E-state index contributed by atoms with van der Waals surface area (Å²) in [7, 11) is 0. The van der Waals surface area contributed by atoms with E-state index in [1.165, 1.54) is 12.1 Å². The minimum Gasteiger partial charge on any atom is -0.507 e. The van der Waals surface area contributed by atoms with Crippen LogP contribution in [0.3, 0.4) is 0 Å². The van der Waals surface area contributed by atoms with Gasteiger partial charge in [0, 0.05) is 19.5 Å². The van der Waals surface area contributed by atoms with Crippen LogP contribution in [-0.2, 0) is 0 Å². The van der Waals surface area contributed by atoms with Crippen molar-refractivity contribution in [2.45, 2.75) is 0 Å². The number of phenols is 1. The number of hydrogen-bond donors (Lipinski definition) is 2. The standard InChI is InChI=1S/C14H8ClFINO/c15-8-5-10(16)14(13(19)6-8)12-4-7-3-9(17)1-2-11(7)18-12/h1-6,18-19H. The largest absolute Gasteiger partial charge is 0.507 e. The molecule has 1 heterocycles. The van der Waals surface area contributed by atoms with Gasteiger partial charge in [-0.1, -0.05) is 11.6 Å². The Kier molecular flexibility index (Phi) is 3.14. The van der Waals surface area contributed by atoms with Crippen LogP contribution >= 0.6 is 34.2 Å². The van der Waals surface area contributed by atoms with Crippen molar-refractivity contribution < 1.29 is 9.50 Å². The van der Waals surface area contributed by atoms with E-state index in [1.807, 2.05) is 24.3 Å². The Morgan fingerprint density at radius 1 is 1.16 bits per heavy atom. The van der Waals surface area contributed by atoms with Crippen molar-refractivity contribution in [3.63, 3.8) is 0 Å². The first-order chi connectivity index (χ1) is 9.04. The number of H-pyrrole nitrogens is 1. The van der Waals surface area contributed by atoms with Gasteiger partial charge in [0.2, 0.25) is 0 Å². The molecule has 3 aromatic rings. The summed E-state index contributed by atoms with van der Waals surface area (Å²) in [4.78, 5) is 3.09. The normalized spacial score (nSPS) is 11.1. The maximum Gasteiger partial charge on any atom is 0.137 e. The summed E-state index contributed by atoms with van der Waals surface area (Å²) < 4.78 is 15.0. The second-order valence-corrected chi connectivity index (χ2v) is 5.88. The first-order valence-corrected chi connectivity index (χ1v) is 6.97. The number of hydrogen-bond acceptors (Lipinski definition) is 1. The van der Waals surface area contributed by atoms with Crippen molar-refractivity contribution in [1.29, 1.82) is 0 Å². The molecule has 2 N–H and O–H groups in total. The summed E-state index contributed by atoms with van der Waals surface area (Å²) in [6.07, 6.45) is 0. The quantitative estimate of drug-likeness (QED) is 0.570. The average Bonchev–Trinajstić information content (AvgIpc) is 2.69. The van der Waals surface area contributed by atoms with Crippen LogP contribution in [-0.4, -0.2) is 10.1 Å². The summed E-state index contributed by atoms with van der Waals surface area (Å²) >= 11 is 7.91. The molecule has 0 amide bonds. The molecule has 0 bridgehead atoms. The number of aromatic hydroxyl groups is 1. The van der Waals surface area contributed by atoms with Crippen molar-refractivity contribution in [1.82, 2.24) is 4.98 Å². The van der Waals surface area contributed by atoms with Crippen molar-refractivity contribution in [2.24, 2.45) is 0 Å². The fraction of sp³-hybridized carbons (Fsp3) is 0. The monoisotopic (exact) mass is 387 g/mol. The fourth-order valence-corrected chi connectivity index (χ4v) is 2.78. The summed E-state index contributed by atoms with van der Waals surface area (Å²) in [5, 5.41) is 11.0. The van der Waals surface area contributed by atoms with E-state index < -0.39 is 5.82 Å². The summed E-state index contributed by atoms with van der Waals surface area (Å²) in [6.45, 7) is 0. The number of benzene rings is 2. The van der Waals surface area contributed by atoms with Crippen molar-refractivity contribution in [3.05, 3.63) is 50.8 Å². The molecular formula is C14H8ClFINO. The minimum absolute atomic E-state index is 0.135. The molecule has 0 spiro atoms. The molecular weight excluding hydrogens is 380 g/mol. The molecule has 0 aliphatic carbocycles. The Hall–Kier alpha value is -1.27. The summed E-state index contributed by atoms with van der Waals surface area (Å²) in [5.74, 6) is -0.725. The number of rotatable bonds is 1. The maximum atomic E-state index is 13.9. The Labute approximate surface area is 127 Å². The van der Waals surface area contributed by atoms with E-state index >= 15 is 0 Å². The highest BCUT2D eigenvalue weighted by molar-refractivity contribution is 14.1. The van der Waals surface area contributed by atoms with Gasteiger partial charge < -0.3 is 10.1 Å². The zero-order valence-corrected chi connectivity index (χ0v) is 12.5. The van der Waals surface area contributed by atoms with Crippen LogP contribution in [0, 0.1) is 9.39 Å². The van der Waals surface area contributed by atoms with Crippen molar-refractivity contribution >= 4 is 45.1 Å². The molecule has 0 aliphatic rings. The van der Waals surface area contributed by atoms with Crippen molar-refractivity contribution in [3.8, 4) is 17.0 Å². The lowest BCUT2D eigenvalue weighted by molar-refractivity contribution is 0.472. The molecule has 2 aromatic carbocycles. The number of halogens is 3. The number of aromatic amines is 1. The van der Waals surface area contributed by atoms with Gasteiger partial charge >= 0.3 is 0 Å². The number of aromatic nitrogens is 1. The van der Waals surface area contributed by atoms with Crippen LogP contribution in [0.5, 0.6) is 5.75 Å². The van der Waals surface area contributed by atoms with Gasteiger partial charge in [0.25, 0.3) is 0 Å². The lowest BCUT2D eigenvalue weighted by Gasteiger charge is -2.04. The third-order valence-corrected chi connectivity index (χ3v) is 3.78. The van der Waals surface area contributed by atoms with E-state index in [4.69, 9.17) is 11.6 Å². The van der Waals surface area contributed by atoms with Crippen LogP contribution in [0.1, 0.15) is 0 Å². The second-order valence-electron chi connectivity index (χ2n) is 4.20. The number of phenolic OH excluding ortho intramolecular Hbond substituents is 1. The molecule has 1 aromatic heterocycles. The van der Waals surface area contributed by atoms with Gasteiger partial charge in [0.1, 0.15) is 11.6 Å². The van der Waals surface area contributed by atoms with Gasteiger partial charge in [-0.15, -0.1) is 0 Å². The summed E-state index contributed by atoms with van der Waals surface area (Å²) in [5.41, 5.74) is 1.56. The molecule has 96 valence electrons. The minimum atomic E-state index is -0.550. The van der Waals surface area contributed by atoms with Gasteiger partial charge in [0.15, 0.2) is 0 Å². The maximum absolute atomic E-state index is 13.9. The predicted molar refractivity (Wildman–Crippen MR) is 83.1 cm³/mol. The van der Waals surface area contributed by atoms with E-state index in [0.29, 0.717) is 5.69 Å². The SMILES string of the molecule is Oc1cc(Cl)cc(F)c1-c1cc2cc(I)ccc2[nH]1. The molecule has 2 nitrogen and oxygen atoms in total. The highest BCUT2D eigenvalue weighted by Crippen LogP contribution is 2.35.